The van der Waals surface area contributed by atoms with Crippen LogP contribution in [0, 0.1) is 0 Å². The monoisotopic (exact) mass is 715 g/mol. The molecule has 0 saturated carbocycles. The summed E-state index contributed by atoms with van der Waals surface area (Å²) in [5.74, 6) is 0. The highest BCUT2D eigenvalue weighted by Crippen LogP contribution is 2.41. The molecule has 11 rings (SSSR count). The van der Waals surface area contributed by atoms with E-state index < -0.39 is 0 Å². The lowest BCUT2D eigenvalue weighted by atomic mass is 9.87. The van der Waals surface area contributed by atoms with Crippen LogP contribution in [-0.4, -0.2) is 0 Å². The standard InChI is InChI=1S/C54H37NO/c1-2-10-37(11-3-1)42-17-9-18-46(32-42)55(47-30-31-49-50-33-43-13-4-5-14-44(43)34-51(50)56-52(49)35-47)45-28-21-36(22-29-45)20-23-39-15-8-16-40-26-27-41-25-24-38-12-6-7-19-48(38)54(41)53(39)40/h1-6,8-18,20-35H,7,19H2. The number of aryl methyl sites for hydroxylation is 1. The Labute approximate surface area is 325 Å². The first-order valence-electron chi connectivity index (χ1n) is 19.5. The predicted octanol–water partition coefficient (Wildman–Crippen LogP) is 15.3. The molecule has 9 aromatic carbocycles. The van der Waals surface area contributed by atoms with Gasteiger partial charge in [0.15, 0.2) is 0 Å². The topological polar surface area (TPSA) is 16.4 Å². The predicted molar refractivity (Wildman–Crippen MR) is 239 cm³/mol. The lowest BCUT2D eigenvalue weighted by Gasteiger charge is -2.26. The van der Waals surface area contributed by atoms with Crippen molar-refractivity contribution in [3.63, 3.8) is 0 Å². The molecule has 0 N–H and O–H groups in total. The molecule has 2 nitrogen and oxygen atoms in total. The molecular weight excluding hydrogens is 679 g/mol. The summed E-state index contributed by atoms with van der Waals surface area (Å²) in [6.45, 7) is 0. The minimum Gasteiger partial charge on any atom is -0.456 e. The third-order valence-electron chi connectivity index (χ3n) is 11.5. The summed E-state index contributed by atoms with van der Waals surface area (Å²) in [5, 5.41) is 9.96. The zero-order valence-electron chi connectivity index (χ0n) is 30.8. The van der Waals surface area contributed by atoms with E-state index in [1.54, 1.807) is 0 Å². The summed E-state index contributed by atoms with van der Waals surface area (Å²) in [4.78, 5) is 2.33. The molecule has 0 amide bonds. The molecule has 0 radical (unpaired) electrons. The molecule has 264 valence electrons. The Morgan fingerprint density at radius 1 is 0.464 bits per heavy atom. The van der Waals surface area contributed by atoms with Gasteiger partial charge in [-0.05, 0) is 127 Å². The first-order valence-corrected chi connectivity index (χ1v) is 19.5. The molecule has 1 aliphatic carbocycles. The molecule has 1 aromatic heterocycles. The number of fused-ring (bicyclic) bond motifs is 9. The smallest absolute Gasteiger partial charge is 0.137 e. The van der Waals surface area contributed by atoms with Crippen LogP contribution >= 0.6 is 0 Å². The Morgan fingerprint density at radius 2 is 1.16 bits per heavy atom. The molecule has 1 aliphatic rings. The Hall–Kier alpha value is -7.16. The molecule has 0 bridgehead atoms. The van der Waals surface area contributed by atoms with E-state index in [9.17, 15) is 0 Å². The highest BCUT2D eigenvalue weighted by Gasteiger charge is 2.17. The number of benzene rings is 9. The van der Waals surface area contributed by atoms with E-state index in [-0.39, 0.29) is 0 Å². The number of furan rings is 1. The van der Waals surface area contributed by atoms with E-state index in [0.717, 1.165) is 57.4 Å². The summed E-state index contributed by atoms with van der Waals surface area (Å²) in [7, 11) is 0. The van der Waals surface area contributed by atoms with Crippen molar-refractivity contribution in [1.82, 2.24) is 0 Å². The number of hydrogen-bond acceptors (Lipinski definition) is 2. The van der Waals surface area contributed by atoms with Crippen molar-refractivity contribution in [1.29, 1.82) is 0 Å². The number of anilines is 3. The highest BCUT2D eigenvalue weighted by atomic mass is 16.3. The second-order valence-electron chi connectivity index (χ2n) is 14.8. The Balaban J connectivity index is 1.00. The van der Waals surface area contributed by atoms with Gasteiger partial charge in [-0.3, -0.25) is 0 Å². The average molecular weight is 716 g/mol. The number of rotatable bonds is 6. The normalized spacial score (nSPS) is 12.7. The van der Waals surface area contributed by atoms with Gasteiger partial charge < -0.3 is 9.32 Å². The number of nitrogens with zero attached hydrogens (tertiary/aromatic N) is 1. The van der Waals surface area contributed by atoms with Crippen LogP contribution in [0.4, 0.5) is 17.1 Å². The summed E-state index contributed by atoms with van der Waals surface area (Å²) in [6, 6.07) is 63.5. The van der Waals surface area contributed by atoms with Crippen molar-refractivity contribution in [3.05, 3.63) is 204 Å². The molecule has 0 unspecified atom stereocenters. The maximum atomic E-state index is 6.56. The van der Waals surface area contributed by atoms with Crippen LogP contribution in [0.1, 0.15) is 28.7 Å². The number of allylic oxidation sites excluding steroid dienone is 1. The zero-order valence-corrected chi connectivity index (χ0v) is 30.8. The molecule has 0 aliphatic heterocycles. The summed E-state index contributed by atoms with van der Waals surface area (Å²) >= 11 is 0. The maximum absolute atomic E-state index is 6.56. The lowest BCUT2D eigenvalue weighted by Crippen LogP contribution is -2.10. The van der Waals surface area contributed by atoms with E-state index in [1.807, 2.05) is 0 Å². The van der Waals surface area contributed by atoms with E-state index >= 15 is 0 Å². The second kappa shape index (κ2) is 13.3. The van der Waals surface area contributed by atoms with E-state index in [4.69, 9.17) is 4.42 Å². The van der Waals surface area contributed by atoms with Crippen LogP contribution in [0.5, 0.6) is 0 Å². The SMILES string of the molecule is C1=Cc2ccc3ccc4cccc(C=Cc5ccc(N(c6cccc(-c7ccccc7)c6)c6ccc7c(c6)oc6cc8ccccc8cc67)cc5)c4c3c2CC1. The minimum absolute atomic E-state index is 0.872. The molecule has 10 aromatic rings. The van der Waals surface area contributed by atoms with Crippen LogP contribution in [0.25, 0.3) is 83.6 Å². The molecule has 2 heteroatoms. The molecule has 56 heavy (non-hydrogen) atoms. The third-order valence-corrected chi connectivity index (χ3v) is 11.5. The lowest BCUT2D eigenvalue weighted by molar-refractivity contribution is 0.669. The van der Waals surface area contributed by atoms with Gasteiger partial charge in [-0.1, -0.05) is 146 Å². The van der Waals surface area contributed by atoms with Crippen LogP contribution < -0.4 is 4.90 Å². The first kappa shape index (κ1) is 32.3. The van der Waals surface area contributed by atoms with Gasteiger partial charge in [0.1, 0.15) is 11.2 Å². The highest BCUT2D eigenvalue weighted by molar-refractivity contribution is 6.14. The second-order valence-corrected chi connectivity index (χ2v) is 14.8. The summed E-state index contributed by atoms with van der Waals surface area (Å²) in [6.07, 6.45) is 11.3. The van der Waals surface area contributed by atoms with Gasteiger partial charge in [-0.15, -0.1) is 0 Å². The van der Waals surface area contributed by atoms with Crippen LogP contribution in [-0.2, 0) is 6.42 Å². The van der Waals surface area contributed by atoms with Gasteiger partial charge in [-0.25, -0.2) is 0 Å². The largest absolute Gasteiger partial charge is 0.456 e. The van der Waals surface area contributed by atoms with Crippen LogP contribution in [0.3, 0.4) is 0 Å². The fourth-order valence-corrected chi connectivity index (χ4v) is 8.73. The summed E-state index contributed by atoms with van der Waals surface area (Å²) < 4.78 is 6.56. The molecule has 1 heterocycles. The zero-order chi connectivity index (χ0) is 37.0. The van der Waals surface area contributed by atoms with E-state index in [0.29, 0.717) is 0 Å². The van der Waals surface area contributed by atoms with Gasteiger partial charge in [0.25, 0.3) is 0 Å². The van der Waals surface area contributed by atoms with Gasteiger partial charge in [0.2, 0.25) is 0 Å². The molecule has 0 fully saturated rings. The van der Waals surface area contributed by atoms with Crippen LogP contribution in [0.2, 0.25) is 0 Å². The van der Waals surface area contributed by atoms with Crippen molar-refractivity contribution in [3.8, 4) is 11.1 Å². The van der Waals surface area contributed by atoms with Gasteiger partial charge in [0, 0.05) is 33.9 Å². The van der Waals surface area contributed by atoms with Crippen molar-refractivity contribution in [2.24, 2.45) is 0 Å². The Kier molecular flexibility index (Phi) is 7.67. The maximum Gasteiger partial charge on any atom is 0.137 e. The third kappa shape index (κ3) is 5.58. The molecular formula is C54H37NO. The van der Waals surface area contributed by atoms with E-state index in [1.165, 1.54) is 60.1 Å². The Bertz CT molecular complexity index is 3180. The number of hydrogen-bond donors (Lipinski definition) is 0. The van der Waals surface area contributed by atoms with Crippen molar-refractivity contribution in [2.75, 3.05) is 4.90 Å². The fourth-order valence-electron chi connectivity index (χ4n) is 8.73. The first-order chi connectivity index (χ1) is 27.7. The molecule has 0 saturated heterocycles. The summed E-state index contributed by atoms with van der Waals surface area (Å²) in [5.41, 5.74) is 12.5. The Morgan fingerprint density at radius 3 is 2.04 bits per heavy atom. The fraction of sp³-hybridized carbons (Fsp3) is 0.0370. The van der Waals surface area contributed by atoms with Gasteiger partial charge >= 0.3 is 0 Å². The van der Waals surface area contributed by atoms with Crippen molar-refractivity contribution in [2.45, 2.75) is 12.8 Å². The minimum atomic E-state index is 0.872. The van der Waals surface area contributed by atoms with Crippen molar-refractivity contribution >= 4 is 89.5 Å². The molecule has 0 spiro atoms. The van der Waals surface area contributed by atoms with Gasteiger partial charge in [-0.2, -0.15) is 0 Å². The van der Waals surface area contributed by atoms with Gasteiger partial charge in [0.05, 0.1) is 0 Å². The average Bonchev–Trinajstić information content (AvgIpc) is 3.62. The van der Waals surface area contributed by atoms with Crippen LogP contribution in [0.15, 0.2) is 186 Å². The van der Waals surface area contributed by atoms with Crippen molar-refractivity contribution < 1.29 is 4.42 Å². The van der Waals surface area contributed by atoms with E-state index in [2.05, 4.69) is 205 Å². The molecule has 0 atom stereocenters. The quantitative estimate of drug-likeness (QED) is 0.126.